The molecule has 27 heavy (non-hydrogen) atoms. The summed E-state index contributed by atoms with van der Waals surface area (Å²) in [4.78, 5) is 22.4. The van der Waals surface area contributed by atoms with Crippen molar-refractivity contribution in [1.29, 1.82) is 0 Å². The number of aliphatic carboxylic acids is 1. The second-order valence-electron chi connectivity index (χ2n) is 5.21. The number of rotatable bonds is 9. The van der Waals surface area contributed by atoms with Crippen molar-refractivity contribution < 1.29 is 24.2 Å². The van der Waals surface area contributed by atoms with E-state index in [0.717, 1.165) is 11.8 Å². The normalized spacial score (nSPS) is 17.9. The van der Waals surface area contributed by atoms with Crippen molar-refractivity contribution in [3.63, 3.8) is 0 Å². The Morgan fingerprint density at radius 2 is 2.26 bits per heavy atom. The zero-order valence-corrected chi connectivity index (χ0v) is 16.9. The second-order valence-corrected chi connectivity index (χ2v) is 7.25. The minimum Gasteiger partial charge on any atom is -0.490 e. The van der Waals surface area contributed by atoms with E-state index in [0.29, 0.717) is 34.7 Å². The van der Waals surface area contributed by atoms with Crippen LogP contribution in [-0.2, 0) is 9.59 Å². The first-order valence-electron chi connectivity index (χ1n) is 7.95. The fourth-order valence-electron chi connectivity index (χ4n) is 2.10. The van der Waals surface area contributed by atoms with Gasteiger partial charge in [0, 0.05) is 0 Å². The summed E-state index contributed by atoms with van der Waals surface area (Å²) in [6.45, 7) is 6.30. The van der Waals surface area contributed by atoms with Crippen LogP contribution in [0.3, 0.4) is 0 Å². The highest BCUT2D eigenvalue weighted by Gasteiger charge is 2.32. The molecular weight excluding hydrogens is 438 g/mol. The molecule has 1 unspecified atom stereocenters. The molecule has 2 rings (SSSR count). The van der Waals surface area contributed by atoms with E-state index in [1.165, 1.54) is 6.21 Å². The maximum Gasteiger partial charge on any atom is 0.305 e. The molecule has 0 spiro atoms. The number of carbonyl (C=O) groups is 2. The molecule has 1 atom stereocenters. The van der Waals surface area contributed by atoms with Crippen LogP contribution >= 0.6 is 27.7 Å². The van der Waals surface area contributed by atoms with Crippen molar-refractivity contribution in [3.8, 4) is 11.5 Å². The molecule has 1 saturated heterocycles. The number of hydrogen-bond acceptors (Lipinski definition) is 7. The van der Waals surface area contributed by atoms with E-state index in [1.807, 2.05) is 6.92 Å². The topological polar surface area (TPSA) is 110 Å². The summed E-state index contributed by atoms with van der Waals surface area (Å²) >= 11 is 4.48. The third kappa shape index (κ3) is 6.10. The molecule has 144 valence electrons. The number of halogens is 1. The number of nitrogens with one attached hydrogen (secondary N) is 1. The number of thioether (sulfide) groups is 1. The number of carbonyl (C=O) groups excluding carboxylic acids is 1. The summed E-state index contributed by atoms with van der Waals surface area (Å²) < 4.78 is 11.9. The maximum atomic E-state index is 11.7. The van der Waals surface area contributed by atoms with E-state index in [1.54, 1.807) is 18.2 Å². The van der Waals surface area contributed by atoms with Crippen LogP contribution in [0.1, 0.15) is 18.9 Å². The largest absolute Gasteiger partial charge is 0.490 e. The Hall–Kier alpha value is -2.33. The standard InChI is InChI=1S/C17H18BrN3O5S/c1-3-5-26-15-11(18)6-10(7-12(15)25-4-2)9-19-21-17-20-16(24)13(27-17)8-14(22)23/h3,6-7,9,13H,1,4-5,8H2,2H3,(H,22,23)(H,20,21,24). The van der Waals surface area contributed by atoms with Crippen LogP contribution in [0.25, 0.3) is 0 Å². The highest BCUT2D eigenvalue weighted by Crippen LogP contribution is 2.36. The first-order chi connectivity index (χ1) is 12.9. The van der Waals surface area contributed by atoms with Crippen molar-refractivity contribution in [1.82, 2.24) is 5.32 Å². The molecule has 10 heteroatoms. The predicted octanol–water partition coefficient (Wildman–Crippen LogP) is 2.81. The van der Waals surface area contributed by atoms with Crippen LogP contribution in [0.5, 0.6) is 11.5 Å². The van der Waals surface area contributed by atoms with Crippen LogP contribution in [0.2, 0.25) is 0 Å². The van der Waals surface area contributed by atoms with Gasteiger partial charge in [0.1, 0.15) is 11.9 Å². The van der Waals surface area contributed by atoms with Gasteiger partial charge in [0.25, 0.3) is 0 Å². The average molecular weight is 456 g/mol. The molecule has 8 nitrogen and oxygen atoms in total. The summed E-state index contributed by atoms with van der Waals surface area (Å²) in [7, 11) is 0. The van der Waals surface area contributed by atoms with Crippen molar-refractivity contribution in [3.05, 3.63) is 34.8 Å². The van der Waals surface area contributed by atoms with Crippen LogP contribution < -0.4 is 14.8 Å². The molecule has 1 aliphatic rings. The Morgan fingerprint density at radius 3 is 2.93 bits per heavy atom. The van der Waals surface area contributed by atoms with Crippen molar-refractivity contribution >= 4 is 51.0 Å². The van der Waals surface area contributed by atoms with Gasteiger partial charge in [-0.15, -0.1) is 5.10 Å². The van der Waals surface area contributed by atoms with Crippen LogP contribution in [0, 0.1) is 0 Å². The highest BCUT2D eigenvalue weighted by atomic mass is 79.9. The zero-order valence-electron chi connectivity index (χ0n) is 14.5. The predicted molar refractivity (Wildman–Crippen MR) is 108 cm³/mol. The average Bonchev–Trinajstić information content (AvgIpc) is 2.93. The quantitative estimate of drug-likeness (QED) is 0.336. The summed E-state index contributed by atoms with van der Waals surface area (Å²) in [6.07, 6.45) is 2.86. The van der Waals surface area contributed by atoms with Gasteiger partial charge >= 0.3 is 5.97 Å². The number of nitrogens with zero attached hydrogens (tertiary/aromatic N) is 2. The second kappa shape index (κ2) is 10.1. The number of amides is 1. The molecule has 0 saturated carbocycles. The molecular formula is C17H18BrN3O5S. The van der Waals surface area contributed by atoms with E-state index in [2.05, 4.69) is 38.0 Å². The molecule has 1 aromatic carbocycles. The minimum atomic E-state index is -1.04. The van der Waals surface area contributed by atoms with Crippen LogP contribution in [-0.4, -0.2) is 46.8 Å². The van der Waals surface area contributed by atoms with Gasteiger partial charge < -0.3 is 19.9 Å². The lowest BCUT2D eigenvalue weighted by atomic mass is 10.2. The molecule has 0 bridgehead atoms. The number of amidine groups is 1. The number of ether oxygens (including phenoxy) is 2. The van der Waals surface area contributed by atoms with Crippen LogP contribution in [0.4, 0.5) is 0 Å². The van der Waals surface area contributed by atoms with E-state index >= 15 is 0 Å². The monoisotopic (exact) mass is 455 g/mol. The summed E-state index contributed by atoms with van der Waals surface area (Å²) in [5, 5.41) is 18.7. The Morgan fingerprint density at radius 1 is 1.48 bits per heavy atom. The van der Waals surface area contributed by atoms with Crippen molar-refractivity contribution in [2.75, 3.05) is 13.2 Å². The zero-order chi connectivity index (χ0) is 19.8. The molecule has 1 fully saturated rings. The Labute approximate surface area is 168 Å². The summed E-state index contributed by atoms with van der Waals surface area (Å²) in [5.41, 5.74) is 0.706. The van der Waals surface area contributed by atoms with Crippen LogP contribution in [0.15, 0.2) is 39.5 Å². The lowest BCUT2D eigenvalue weighted by Gasteiger charge is -2.13. The SMILES string of the molecule is C=CCOc1c(Br)cc(C=NN=C2NC(=O)C(CC(=O)O)S2)cc1OCC. The summed E-state index contributed by atoms with van der Waals surface area (Å²) in [6, 6.07) is 3.54. The number of hydrogen-bond donors (Lipinski definition) is 2. The maximum absolute atomic E-state index is 11.7. The van der Waals surface area contributed by atoms with Gasteiger partial charge in [-0.3, -0.25) is 9.59 Å². The Bertz CT molecular complexity index is 797. The van der Waals surface area contributed by atoms with Gasteiger partial charge in [-0.1, -0.05) is 24.4 Å². The number of carboxylic acids is 1. The lowest BCUT2D eigenvalue weighted by molar-refractivity contribution is -0.138. The van der Waals surface area contributed by atoms with Gasteiger partial charge in [0.2, 0.25) is 5.91 Å². The number of carboxylic acid groups (broad SMARTS) is 1. The van der Waals surface area contributed by atoms with Crippen molar-refractivity contribution in [2.45, 2.75) is 18.6 Å². The molecule has 1 heterocycles. The number of benzene rings is 1. The van der Waals surface area contributed by atoms with E-state index < -0.39 is 11.2 Å². The van der Waals surface area contributed by atoms with Gasteiger partial charge in [0.15, 0.2) is 16.7 Å². The molecule has 2 N–H and O–H groups in total. The van der Waals surface area contributed by atoms with Gasteiger partial charge in [0.05, 0.1) is 23.7 Å². The molecule has 0 radical (unpaired) electrons. The fourth-order valence-corrected chi connectivity index (χ4v) is 3.59. The third-order valence-electron chi connectivity index (χ3n) is 3.17. The van der Waals surface area contributed by atoms with E-state index in [-0.39, 0.29) is 17.5 Å². The van der Waals surface area contributed by atoms with E-state index in [9.17, 15) is 9.59 Å². The fraction of sp³-hybridized carbons (Fsp3) is 0.294. The Kier molecular flexibility index (Phi) is 7.86. The van der Waals surface area contributed by atoms with Crippen molar-refractivity contribution in [2.24, 2.45) is 10.2 Å². The molecule has 1 aromatic rings. The first kappa shape index (κ1) is 21.0. The minimum absolute atomic E-state index is 0.262. The van der Waals surface area contributed by atoms with Gasteiger partial charge in [-0.25, -0.2) is 0 Å². The summed E-state index contributed by atoms with van der Waals surface area (Å²) in [5.74, 6) is -0.316. The smallest absolute Gasteiger partial charge is 0.305 e. The van der Waals surface area contributed by atoms with E-state index in [4.69, 9.17) is 14.6 Å². The van der Waals surface area contributed by atoms with Gasteiger partial charge in [-0.05, 0) is 40.5 Å². The molecule has 1 aliphatic heterocycles. The first-order valence-corrected chi connectivity index (χ1v) is 9.62. The molecule has 1 amide bonds. The molecule has 0 aliphatic carbocycles. The third-order valence-corrected chi connectivity index (χ3v) is 4.83. The van der Waals surface area contributed by atoms with Gasteiger partial charge in [-0.2, -0.15) is 5.10 Å². The highest BCUT2D eigenvalue weighted by molar-refractivity contribution is 9.10. The molecule has 0 aromatic heterocycles. The lowest BCUT2D eigenvalue weighted by Crippen LogP contribution is -2.26. The Balaban J connectivity index is 2.13.